The molecular weight excluding hydrogens is 441 g/mol. The molecule has 1 atom stereocenters. The van der Waals surface area contributed by atoms with Crippen LogP contribution in [0.1, 0.15) is 17.3 Å². The second kappa shape index (κ2) is 7.90. The standard InChI is InChI=1S/C19H12F5N5O3/c1-8(19(22,23)24)32-15-3-2-9(4-14(15)21)25-18(30)12-7-31-16-6-11(13(20)5-10(12)16)17-26-28-29-27-17/h2-8H,1H3,(H,25,30)(H,26,27,28,29)/t8-/m1/s1. The van der Waals surface area contributed by atoms with E-state index in [2.05, 4.69) is 30.7 Å². The van der Waals surface area contributed by atoms with E-state index in [1.165, 1.54) is 6.07 Å². The number of halogens is 5. The van der Waals surface area contributed by atoms with Crippen molar-refractivity contribution in [3.05, 3.63) is 53.8 Å². The number of furan rings is 1. The number of carbonyl (C=O) groups excluding carboxylic acids is 1. The third-order valence-corrected chi connectivity index (χ3v) is 4.46. The molecule has 4 aromatic rings. The van der Waals surface area contributed by atoms with Crippen LogP contribution < -0.4 is 10.1 Å². The van der Waals surface area contributed by atoms with Gasteiger partial charge in [-0.25, -0.2) is 13.9 Å². The highest BCUT2D eigenvalue weighted by molar-refractivity contribution is 6.12. The highest BCUT2D eigenvalue weighted by Gasteiger charge is 2.38. The number of hydrogen-bond acceptors (Lipinski definition) is 6. The molecule has 32 heavy (non-hydrogen) atoms. The largest absolute Gasteiger partial charge is 0.478 e. The SMILES string of the molecule is C[C@@H](Oc1ccc(NC(=O)c2coc3cc(-c4nnn[nH]4)c(F)cc23)cc1F)C(F)(F)F. The molecule has 8 nitrogen and oxygen atoms in total. The number of nitrogens with zero attached hydrogens (tertiary/aromatic N) is 3. The minimum Gasteiger partial charge on any atom is -0.478 e. The molecule has 2 heterocycles. The molecule has 0 unspecified atom stereocenters. The summed E-state index contributed by atoms with van der Waals surface area (Å²) in [5, 5.41) is 15.3. The summed E-state index contributed by atoms with van der Waals surface area (Å²) in [6, 6.07) is 5.28. The van der Waals surface area contributed by atoms with Crippen molar-refractivity contribution in [1.29, 1.82) is 0 Å². The number of rotatable bonds is 5. The first-order valence-electron chi connectivity index (χ1n) is 8.92. The predicted molar refractivity (Wildman–Crippen MR) is 99.8 cm³/mol. The first-order chi connectivity index (χ1) is 15.1. The molecule has 13 heteroatoms. The van der Waals surface area contributed by atoms with Crippen LogP contribution in [0.15, 0.2) is 41.0 Å². The summed E-state index contributed by atoms with van der Waals surface area (Å²) in [5.74, 6) is -3.15. The van der Waals surface area contributed by atoms with Gasteiger partial charge in [-0.3, -0.25) is 4.79 Å². The van der Waals surface area contributed by atoms with Crippen LogP contribution in [0, 0.1) is 11.6 Å². The third-order valence-electron chi connectivity index (χ3n) is 4.46. The lowest BCUT2D eigenvalue weighted by Gasteiger charge is -2.18. The molecule has 0 saturated carbocycles. The van der Waals surface area contributed by atoms with E-state index in [0.29, 0.717) is 0 Å². The van der Waals surface area contributed by atoms with E-state index in [0.717, 1.165) is 37.5 Å². The summed E-state index contributed by atoms with van der Waals surface area (Å²) >= 11 is 0. The van der Waals surface area contributed by atoms with Gasteiger partial charge in [0.15, 0.2) is 23.5 Å². The Kier molecular flexibility index (Phi) is 5.24. The van der Waals surface area contributed by atoms with Gasteiger partial charge < -0.3 is 14.5 Å². The van der Waals surface area contributed by atoms with Gasteiger partial charge in [-0.05, 0) is 41.6 Å². The maximum absolute atomic E-state index is 14.5. The molecule has 0 bridgehead atoms. The normalized spacial score (nSPS) is 12.7. The molecule has 0 saturated heterocycles. The Morgan fingerprint density at radius 1 is 1.19 bits per heavy atom. The molecule has 0 aliphatic carbocycles. The number of amides is 1. The number of anilines is 1. The number of tetrazole rings is 1. The molecule has 1 amide bonds. The average Bonchev–Trinajstić information content (AvgIpc) is 3.38. The molecule has 166 valence electrons. The van der Waals surface area contributed by atoms with Crippen molar-refractivity contribution in [2.45, 2.75) is 19.2 Å². The molecule has 2 aromatic carbocycles. The number of carbonyl (C=O) groups is 1. The first-order valence-corrected chi connectivity index (χ1v) is 8.92. The summed E-state index contributed by atoms with van der Waals surface area (Å²) in [4.78, 5) is 12.6. The Morgan fingerprint density at radius 3 is 2.62 bits per heavy atom. The highest BCUT2D eigenvalue weighted by atomic mass is 19.4. The van der Waals surface area contributed by atoms with E-state index >= 15 is 0 Å². The Hall–Kier alpha value is -4.03. The number of alkyl halides is 3. The molecular formula is C19H12F5N5O3. The number of aromatic nitrogens is 4. The number of nitrogens with one attached hydrogen (secondary N) is 2. The van der Waals surface area contributed by atoms with Gasteiger partial charge in [0.2, 0.25) is 0 Å². The van der Waals surface area contributed by atoms with Crippen molar-refractivity contribution in [1.82, 2.24) is 20.6 Å². The maximum Gasteiger partial charge on any atom is 0.425 e. The van der Waals surface area contributed by atoms with E-state index in [-0.39, 0.29) is 33.6 Å². The highest BCUT2D eigenvalue weighted by Crippen LogP contribution is 2.30. The summed E-state index contributed by atoms with van der Waals surface area (Å²) in [7, 11) is 0. The molecule has 4 rings (SSSR count). The molecule has 0 spiro atoms. The fourth-order valence-corrected chi connectivity index (χ4v) is 2.81. The lowest BCUT2D eigenvalue weighted by atomic mass is 10.1. The zero-order valence-corrected chi connectivity index (χ0v) is 16.0. The maximum atomic E-state index is 14.5. The Balaban J connectivity index is 1.55. The van der Waals surface area contributed by atoms with Crippen LogP contribution in [0.5, 0.6) is 5.75 Å². The Morgan fingerprint density at radius 2 is 1.97 bits per heavy atom. The van der Waals surface area contributed by atoms with Crippen LogP contribution in [0.4, 0.5) is 27.6 Å². The van der Waals surface area contributed by atoms with Crippen molar-refractivity contribution in [2.24, 2.45) is 0 Å². The summed E-state index contributed by atoms with van der Waals surface area (Å²) in [6.45, 7) is 0.739. The second-order valence-electron chi connectivity index (χ2n) is 6.63. The summed E-state index contributed by atoms with van der Waals surface area (Å²) in [5.41, 5.74) is 0.0832. The number of ether oxygens (including phenoxy) is 1. The molecule has 2 aromatic heterocycles. The Labute approximate surface area is 175 Å². The van der Waals surface area contributed by atoms with Crippen molar-refractivity contribution < 1.29 is 35.9 Å². The lowest BCUT2D eigenvalue weighted by Crippen LogP contribution is -2.31. The molecule has 0 aliphatic rings. The van der Waals surface area contributed by atoms with Crippen molar-refractivity contribution in [3.8, 4) is 17.1 Å². The fourth-order valence-electron chi connectivity index (χ4n) is 2.81. The quantitative estimate of drug-likeness (QED) is 0.432. The van der Waals surface area contributed by atoms with Crippen molar-refractivity contribution >= 4 is 22.6 Å². The van der Waals surface area contributed by atoms with Crippen LogP contribution in [0.2, 0.25) is 0 Å². The van der Waals surface area contributed by atoms with E-state index in [4.69, 9.17) is 4.42 Å². The predicted octanol–water partition coefficient (Wildman–Crippen LogP) is 4.47. The van der Waals surface area contributed by atoms with Crippen LogP contribution >= 0.6 is 0 Å². The Bertz CT molecular complexity index is 1290. The first kappa shape index (κ1) is 21.2. The number of H-pyrrole nitrogens is 1. The monoisotopic (exact) mass is 453 g/mol. The van der Waals surface area contributed by atoms with Crippen LogP contribution in [0.3, 0.4) is 0 Å². The van der Waals surface area contributed by atoms with Gasteiger partial charge in [0.05, 0.1) is 11.1 Å². The van der Waals surface area contributed by atoms with E-state index < -0.39 is 35.6 Å². The summed E-state index contributed by atoms with van der Waals surface area (Å²) < 4.78 is 76.3. The second-order valence-corrected chi connectivity index (χ2v) is 6.63. The topological polar surface area (TPSA) is 106 Å². The number of fused-ring (bicyclic) bond motifs is 1. The average molecular weight is 453 g/mol. The zero-order valence-electron chi connectivity index (χ0n) is 16.0. The smallest absolute Gasteiger partial charge is 0.425 e. The van der Waals surface area contributed by atoms with Crippen LogP contribution in [-0.2, 0) is 0 Å². The van der Waals surface area contributed by atoms with Gasteiger partial charge >= 0.3 is 6.18 Å². The van der Waals surface area contributed by atoms with Gasteiger partial charge in [0, 0.05) is 17.1 Å². The number of hydrogen-bond donors (Lipinski definition) is 2. The minimum absolute atomic E-state index is 0.0227. The molecule has 2 N–H and O–H groups in total. The molecule has 0 aliphatic heterocycles. The fraction of sp³-hybridized carbons (Fsp3) is 0.158. The number of benzene rings is 2. The van der Waals surface area contributed by atoms with Crippen LogP contribution in [0.25, 0.3) is 22.4 Å². The van der Waals surface area contributed by atoms with Gasteiger partial charge in [-0.15, -0.1) is 5.10 Å². The van der Waals surface area contributed by atoms with Crippen molar-refractivity contribution in [2.75, 3.05) is 5.32 Å². The summed E-state index contributed by atoms with van der Waals surface area (Å²) in [6.07, 6.45) is -5.80. The van der Waals surface area contributed by atoms with E-state index in [1.54, 1.807) is 0 Å². The van der Waals surface area contributed by atoms with Gasteiger partial charge in [0.1, 0.15) is 17.7 Å². The van der Waals surface area contributed by atoms with Gasteiger partial charge in [0.25, 0.3) is 5.91 Å². The zero-order chi connectivity index (χ0) is 23.0. The minimum atomic E-state index is -4.67. The van der Waals surface area contributed by atoms with E-state index in [9.17, 15) is 26.7 Å². The molecule has 0 radical (unpaired) electrons. The van der Waals surface area contributed by atoms with Gasteiger partial charge in [-0.2, -0.15) is 13.2 Å². The van der Waals surface area contributed by atoms with E-state index in [1.807, 2.05) is 0 Å². The molecule has 0 fully saturated rings. The number of aromatic amines is 1. The lowest BCUT2D eigenvalue weighted by molar-refractivity contribution is -0.189. The van der Waals surface area contributed by atoms with Gasteiger partial charge in [-0.1, -0.05) is 0 Å². The van der Waals surface area contributed by atoms with Crippen molar-refractivity contribution in [3.63, 3.8) is 0 Å². The third kappa shape index (κ3) is 4.08. The van der Waals surface area contributed by atoms with Crippen LogP contribution in [-0.4, -0.2) is 38.8 Å².